The van der Waals surface area contributed by atoms with Crippen molar-refractivity contribution in [2.75, 3.05) is 25.4 Å². The Morgan fingerprint density at radius 3 is 2.53 bits per heavy atom. The summed E-state index contributed by atoms with van der Waals surface area (Å²) in [6, 6.07) is 0.0508. The zero-order valence-corrected chi connectivity index (χ0v) is 13.7. The molecule has 0 radical (unpaired) electrons. The number of piperidine rings is 1. The lowest BCUT2D eigenvalue weighted by molar-refractivity contribution is 0.0904. The minimum absolute atomic E-state index is 0. The molecule has 1 heterocycles. The van der Waals surface area contributed by atoms with E-state index in [1.54, 1.807) is 4.31 Å². The molecule has 0 aromatic heterocycles. The van der Waals surface area contributed by atoms with Crippen LogP contribution in [0.25, 0.3) is 0 Å². The van der Waals surface area contributed by atoms with Gasteiger partial charge in [-0.15, -0.1) is 12.4 Å². The molecule has 5 nitrogen and oxygen atoms in total. The molecular formula is C12H27ClN2O3S. The van der Waals surface area contributed by atoms with Crippen LogP contribution in [0.3, 0.4) is 0 Å². The highest BCUT2D eigenvalue weighted by atomic mass is 35.5. The highest BCUT2D eigenvalue weighted by molar-refractivity contribution is 7.89. The number of hydrogen-bond acceptors (Lipinski definition) is 4. The fourth-order valence-electron chi connectivity index (χ4n) is 2.17. The van der Waals surface area contributed by atoms with Crippen molar-refractivity contribution in [1.29, 1.82) is 0 Å². The van der Waals surface area contributed by atoms with Gasteiger partial charge in [-0.2, -0.15) is 0 Å². The van der Waals surface area contributed by atoms with Gasteiger partial charge in [-0.05, 0) is 39.5 Å². The molecule has 1 fully saturated rings. The summed E-state index contributed by atoms with van der Waals surface area (Å²) in [5.74, 6) is 0.344. The number of ether oxygens (including phenoxy) is 1. The van der Waals surface area contributed by atoms with E-state index in [0.29, 0.717) is 13.1 Å². The Morgan fingerprint density at radius 1 is 1.37 bits per heavy atom. The van der Waals surface area contributed by atoms with Crippen LogP contribution in [0.15, 0.2) is 0 Å². The molecule has 1 aliphatic heterocycles. The first-order chi connectivity index (χ1) is 8.33. The van der Waals surface area contributed by atoms with E-state index in [-0.39, 0.29) is 42.8 Å². The van der Waals surface area contributed by atoms with Crippen molar-refractivity contribution in [2.45, 2.75) is 45.8 Å². The third-order valence-electron chi connectivity index (χ3n) is 3.35. The number of sulfonamides is 1. The average molecular weight is 315 g/mol. The lowest BCUT2D eigenvalue weighted by Crippen LogP contribution is -2.46. The molecule has 0 spiro atoms. The first kappa shape index (κ1) is 19.1. The van der Waals surface area contributed by atoms with Crippen molar-refractivity contribution in [1.82, 2.24) is 4.31 Å². The minimum atomic E-state index is -3.19. The minimum Gasteiger partial charge on any atom is -0.378 e. The summed E-state index contributed by atoms with van der Waals surface area (Å²) in [5, 5.41) is 0. The van der Waals surface area contributed by atoms with E-state index < -0.39 is 10.0 Å². The van der Waals surface area contributed by atoms with Crippen molar-refractivity contribution < 1.29 is 13.2 Å². The maximum atomic E-state index is 12.1. The predicted molar refractivity (Wildman–Crippen MR) is 80.1 cm³/mol. The standard InChI is InChI=1S/C12H26N2O3S.ClH/c1-10(2)17-7-8-18(15,16)14-6-4-5-12(9-14)11(3)13;/h10-12H,4-9,13H2,1-3H3;1H. The van der Waals surface area contributed by atoms with Gasteiger partial charge in [-0.3, -0.25) is 0 Å². The van der Waals surface area contributed by atoms with Gasteiger partial charge in [0.25, 0.3) is 0 Å². The quantitative estimate of drug-likeness (QED) is 0.800. The zero-order chi connectivity index (χ0) is 13.8. The molecule has 116 valence electrons. The van der Waals surface area contributed by atoms with Gasteiger partial charge >= 0.3 is 0 Å². The number of rotatable bonds is 6. The maximum absolute atomic E-state index is 12.1. The molecule has 0 aliphatic carbocycles. The zero-order valence-electron chi connectivity index (χ0n) is 12.0. The summed E-state index contributed by atoms with van der Waals surface area (Å²) in [5.41, 5.74) is 5.87. The van der Waals surface area contributed by atoms with E-state index in [9.17, 15) is 8.42 Å². The lowest BCUT2D eigenvalue weighted by Gasteiger charge is -2.33. The Morgan fingerprint density at radius 2 is 2.00 bits per heavy atom. The van der Waals surface area contributed by atoms with Gasteiger partial charge in [0.15, 0.2) is 0 Å². The second-order valence-corrected chi connectivity index (χ2v) is 7.44. The molecule has 0 aromatic carbocycles. The van der Waals surface area contributed by atoms with E-state index in [2.05, 4.69) is 0 Å². The highest BCUT2D eigenvalue weighted by Gasteiger charge is 2.30. The molecule has 0 bridgehead atoms. The van der Waals surface area contributed by atoms with Crippen LogP contribution in [-0.2, 0) is 14.8 Å². The summed E-state index contributed by atoms with van der Waals surface area (Å²) in [7, 11) is -3.19. The van der Waals surface area contributed by atoms with Crippen LogP contribution in [0.1, 0.15) is 33.6 Å². The average Bonchev–Trinajstić information content (AvgIpc) is 2.28. The second kappa shape index (κ2) is 8.42. The monoisotopic (exact) mass is 314 g/mol. The summed E-state index contributed by atoms with van der Waals surface area (Å²) in [4.78, 5) is 0. The highest BCUT2D eigenvalue weighted by Crippen LogP contribution is 2.21. The molecule has 0 amide bonds. The van der Waals surface area contributed by atoms with Gasteiger partial charge in [0.2, 0.25) is 10.0 Å². The van der Waals surface area contributed by atoms with Crippen molar-refractivity contribution in [3.63, 3.8) is 0 Å². The molecule has 19 heavy (non-hydrogen) atoms. The molecule has 0 aromatic rings. The number of halogens is 1. The summed E-state index contributed by atoms with van der Waals surface area (Å²) < 4.78 is 31.2. The Bertz CT molecular complexity index is 347. The number of nitrogens with zero attached hydrogens (tertiary/aromatic N) is 1. The normalized spacial score (nSPS) is 23.1. The molecule has 2 unspecified atom stereocenters. The summed E-state index contributed by atoms with van der Waals surface area (Å²) >= 11 is 0. The number of hydrogen-bond donors (Lipinski definition) is 1. The van der Waals surface area contributed by atoms with E-state index in [0.717, 1.165) is 12.8 Å². The molecule has 2 atom stereocenters. The van der Waals surface area contributed by atoms with E-state index in [1.807, 2.05) is 20.8 Å². The molecular weight excluding hydrogens is 288 g/mol. The SMILES string of the molecule is CC(C)OCCS(=O)(=O)N1CCCC(C(C)N)C1.Cl. The largest absolute Gasteiger partial charge is 0.378 e. The van der Waals surface area contributed by atoms with Gasteiger partial charge in [-0.25, -0.2) is 12.7 Å². The molecule has 0 saturated carbocycles. The molecule has 2 N–H and O–H groups in total. The first-order valence-electron chi connectivity index (χ1n) is 6.68. The van der Waals surface area contributed by atoms with Gasteiger partial charge in [0, 0.05) is 19.1 Å². The van der Waals surface area contributed by atoms with Crippen LogP contribution in [0.4, 0.5) is 0 Å². The van der Waals surface area contributed by atoms with Crippen molar-refractivity contribution in [3.8, 4) is 0 Å². The van der Waals surface area contributed by atoms with Crippen LogP contribution in [-0.4, -0.2) is 50.3 Å². The van der Waals surface area contributed by atoms with Gasteiger partial charge in [-0.1, -0.05) is 0 Å². The third-order valence-corrected chi connectivity index (χ3v) is 5.15. The van der Waals surface area contributed by atoms with Crippen LogP contribution in [0, 0.1) is 5.92 Å². The van der Waals surface area contributed by atoms with Crippen molar-refractivity contribution in [3.05, 3.63) is 0 Å². The maximum Gasteiger partial charge on any atom is 0.216 e. The Labute approximate surface area is 123 Å². The van der Waals surface area contributed by atoms with Crippen LogP contribution in [0.2, 0.25) is 0 Å². The fourth-order valence-corrected chi connectivity index (χ4v) is 3.56. The fraction of sp³-hybridized carbons (Fsp3) is 1.00. The summed E-state index contributed by atoms with van der Waals surface area (Å²) in [6.45, 7) is 7.19. The molecule has 1 saturated heterocycles. The van der Waals surface area contributed by atoms with Crippen LogP contribution in [0.5, 0.6) is 0 Å². The van der Waals surface area contributed by atoms with E-state index in [1.165, 1.54) is 0 Å². The van der Waals surface area contributed by atoms with Gasteiger partial charge in [0.1, 0.15) is 0 Å². The van der Waals surface area contributed by atoms with Crippen LogP contribution < -0.4 is 5.73 Å². The topological polar surface area (TPSA) is 72.6 Å². The molecule has 7 heteroatoms. The summed E-state index contributed by atoms with van der Waals surface area (Å²) in [6.07, 6.45) is 1.99. The third kappa shape index (κ3) is 6.40. The van der Waals surface area contributed by atoms with Crippen molar-refractivity contribution >= 4 is 22.4 Å². The van der Waals surface area contributed by atoms with Crippen molar-refractivity contribution in [2.24, 2.45) is 11.7 Å². The Hall–Kier alpha value is 0.120. The van der Waals surface area contributed by atoms with Crippen LogP contribution >= 0.6 is 12.4 Å². The lowest BCUT2D eigenvalue weighted by atomic mass is 9.93. The second-order valence-electron chi connectivity index (χ2n) is 5.35. The molecule has 1 aliphatic rings. The van der Waals surface area contributed by atoms with Gasteiger partial charge in [0.05, 0.1) is 18.5 Å². The number of nitrogens with two attached hydrogens (primary N) is 1. The first-order valence-corrected chi connectivity index (χ1v) is 8.29. The Balaban J connectivity index is 0.00000324. The van der Waals surface area contributed by atoms with E-state index >= 15 is 0 Å². The smallest absolute Gasteiger partial charge is 0.216 e. The van der Waals surface area contributed by atoms with Gasteiger partial charge < -0.3 is 10.5 Å². The molecule has 1 rings (SSSR count). The Kier molecular flexibility index (Phi) is 8.47. The predicted octanol–water partition coefficient (Wildman–Crippen LogP) is 1.22. The van der Waals surface area contributed by atoms with E-state index in [4.69, 9.17) is 10.5 Å².